The summed E-state index contributed by atoms with van der Waals surface area (Å²) in [5.74, 6) is -0.326. The van der Waals surface area contributed by atoms with Crippen molar-refractivity contribution in [2.45, 2.75) is 130 Å². The normalized spacial score (nSPS) is 14.2. The molecule has 0 radical (unpaired) electrons. The van der Waals surface area contributed by atoms with Gasteiger partial charge in [0.1, 0.15) is 11.4 Å². The Morgan fingerprint density at radius 2 is 1.02 bits per heavy atom. The van der Waals surface area contributed by atoms with E-state index < -0.39 is 16.6 Å². The number of nitrogens with zero attached hydrogens (tertiary/aromatic N) is 2. The molecule has 0 fully saturated rings. The Morgan fingerprint density at radius 1 is 0.681 bits per heavy atom. The van der Waals surface area contributed by atoms with Gasteiger partial charge in [-0.1, -0.05) is 133 Å². The van der Waals surface area contributed by atoms with Crippen LogP contribution in [0.3, 0.4) is 0 Å². The maximum absolute atomic E-state index is 13.6. The van der Waals surface area contributed by atoms with Crippen LogP contribution < -0.4 is 0 Å². The van der Waals surface area contributed by atoms with E-state index in [4.69, 9.17) is 4.99 Å². The molecule has 256 valence electrons. The van der Waals surface area contributed by atoms with Gasteiger partial charge in [-0.05, 0) is 76.9 Å². The molecule has 0 amide bonds. The smallest absolute Gasteiger partial charge is 0.271 e. The van der Waals surface area contributed by atoms with Crippen LogP contribution in [0.1, 0.15) is 136 Å². The molecular formula is C40H55BrN2O4. The van der Waals surface area contributed by atoms with Crippen molar-refractivity contribution < 1.29 is 15.1 Å². The predicted octanol–water partition coefficient (Wildman–Crippen LogP) is 10.6. The molecule has 7 heteroatoms. The standard InChI is InChI=1S/C40H55BrN2O4/c1-24(2)35(42-23-25-15-32(43(46)47)22-33(41)34(25)44)40(45,30-18-26(36(3,4)5)16-27(19-30)37(6,7)8)31-20-28(38(9,10)11)17-29(21-31)39(12,13)14/h15-24,35,44-45H,1-14H3/t35-/m0/s1. The zero-order valence-corrected chi connectivity index (χ0v) is 32.4. The quantitative estimate of drug-likeness (QED) is 0.145. The zero-order chi connectivity index (χ0) is 36.1. The fraction of sp³-hybridized carbons (Fsp3) is 0.525. The minimum Gasteiger partial charge on any atom is -0.506 e. The molecule has 3 aromatic rings. The van der Waals surface area contributed by atoms with Crippen molar-refractivity contribution in [2.75, 3.05) is 0 Å². The van der Waals surface area contributed by atoms with Gasteiger partial charge in [0.05, 0.1) is 15.4 Å². The summed E-state index contributed by atoms with van der Waals surface area (Å²) in [7, 11) is 0. The summed E-state index contributed by atoms with van der Waals surface area (Å²) in [6, 6.07) is 14.8. The van der Waals surface area contributed by atoms with Crippen molar-refractivity contribution >= 4 is 27.8 Å². The van der Waals surface area contributed by atoms with E-state index in [0.29, 0.717) is 0 Å². The number of aliphatic hydroxyl groups is 1. The molecule has 0 aliphatic carbocycles. The van der Waals surface area contributed by atoms with Crippen LogP contribution in [-0.2, 0) is 27.3 Å². The van der Waals surface area contributed by atoms with Crippen LogP contribution in [-0.4, -0.2) is 27.4 Å². The number of benzene rings is 3. The molecule has 0 aromatic heterocycles. The number of hydrogen-bond donors (Lipinski definition) is 2. The van der Waals surface area contributed by atoms with Gasteiger partial charge in [0.2, 0.25) is 0 Å². The first-order chi connectivity index (χ1) is 21.2. The van der Waals surface area contributed by atoms with Crippen LogP contribution in [0.25, 0.3) is 0 Å². The van der Waals surface area contributed by atoms with Gasteiger partial charge in [-0.15, -0.1) is 0 Å². The Kier molecular flexibility index (Phi) is 10.7. The molecule has 6 nitrogen and oxygen atoms in total. The Bertz CT molecular complexity index is 1520. The molecule has 0 aliphatic rings. The van der Waals surface area contributed by atoms with E-state index in [1.54, 1.807) is 0 Å². The molecule has 3 aromatic carbocycles. The molecule has 0 saturated carbocycles. The number of non-ortho nitro benzene ring substituents is 1. The largest absolute Gasteiger partial charge is 0.506 e. The van der Waals surface area contributed by atoms with E-state index in [0.717, 1.165) is 33.4 Å². The molecule has 0 saturated heterocycles. The SMILES string of the molecule is CC(C)[C@H](N=Cc1cc([N+](=O)[O-])cc(Br)c1O)C(O)(c1cc(C(C)(C)C)cc(C(C)(C)C)c1)c1cc(C(C)(C)C)cc(C(C)(C)C)c1. The number of phenols is 1. The Morgan fingerprint density at radius 3 is 1.32 bits per heavy atom. The van der Waals surface area contributed by atoms with E-state index in [-0.39, 0.29) is 49.1 Å². The second kappa shape index (κ2) is 13.1. The predicted molar refractivity (Wildman–Crippen MR) is 199 cm³/mol. The van der Waals surface area contributed by atoms with E-state index in [1.165, 1.54) is 18.3 Å². The highest BCUT2D eigenvalue weighted by Crippen LogP contribution is 2.44. The average molecular weight is 708 g/mol. The van der Waals surface area contributed by atoms with Crippen LogP contribution >= 0.6 is 15.9 Å². The van der Waals surface area contributed by atoms with E-state index >= 15 is 0 Å². The van der Waals surface area contributed by atoms with Gasteiger partial charge in [0, 0.05) is 23.9 Å². The highest BCUT2D eigenvalue weighted by atomic mass is 79.9. The second-order valence-electron chi connectivity index (χ2n) is 17.5. The third-order valence-corrected chi connectivity index (χ3v) is 9.54. The van der Waals surface area contributed by atoms with Crippen molar-refractivity contribution in [1.82, 2.24) is 0 Å². The van der Waals surface area contributed by atoms with E-state index in [9.17, 15) is 20.3 Å². The van der Waals surface area contributed by atoms with Crippen LogP contribution in [0.4, 0.5) is 5.69 Å². The summed E-state index contributed by atoms with van der Waals surface area (Å²) in [5, 5.41) is 36.1. The number of rotatable bonds is 7. The molecule has 2 N–H and O–H groups in total. The molecule has 1 atom stereocenters. The number of aromatic hydroxyl groups is 1. The summed E-state index contributed by atoms with van der Waals surface area (Å²) in [4.78, 5) is 16.2. The van der Waals surface area contributed by atoms with Crippen LogP contribution in [0.15, 0.2) is 58.0 Å². The first kappa shape index (κ1) is 38.4. The molecule has 0 aliphatic heterocycles. The van der Waals surface area contributed by atoms with Crippen molar-refractivity contribution in [1.29, 1.82) is 0 Å². The van der Waals surface area contributed by atoms with Gasteiger partial charge in [-0.3, -0.25) is 15.1 Å². The van der Waals surface area contributed by atoms with Gasteiger partial charge in [-0.2, -0.15) is 0 Å². The second-order valence-corrected chi connectivity index (χ2v) is 18.3. The van der Waals surface area contributed by atoms with Crippen LogP contribution in [0.2, 0.25) is 0 Å². The van der Waals surface area contributed by atoms with E-state index in [1.807, 2.05) is 13.8 Å². The Labute approximate surface area is 291 Å². The van der Waals surface area contributed by atoms with Crippen molar-refractivity contribution in [3.63, 3.8) is 0 Å². The molecule has 3 rings (SSSR count). The summed E-state index contributed by atoms with van der Waals surface area (Å²) < 4.78 is 0.199. The molecule has 0 heterocycles. The lowest BCUT2D eigenvalue weighted by molar-refractivity contribution is -0.385. The third kappa shape index (κ3) is 8.53. The molecule has 0 unspecified atom stereocenters. The number of nitro groups is 1. The summed E-state index contributed by atoms with van der Waals surface area (Å²) in [6.07, 6.45) is 1.46. The average Bonchev–Trinajstić information content (AvgIpc) is 2.92. The number of hydrogen-bond acceptors (Lipinski definition) is 5. The van der Waals surface area contributed by atoms with E-state index in [2.05, 4.69) is 135 Å². The maximum Gasteiger partial charge on any atom is 0.271 e. The Balaban J connectivity index is 2.55. The zero-order valence-electron chi connectivity index (χ0n) is 30.8. The summed E-state index contributed by atoms with van der Waals surface area (Å²) >= 11 is 3.25. The fourth-order valence-corrected chi connectivity index (χ4v) is 6.13. The van der Waals surface area contributed by atoms with Gasteiger partial charge >= 0.3 is 0 Å². The lowest BCUT2D eigenvalue weighted by atomic mass is 9.70. The number of phenolic OH excluding ortho intramolecular Hbond substituents is 1. The van der Waals surface area contributed by atoms with Crippen molar-refractivity contribution in [3.05, 3.63) is 102 Å². The first-order valence-electron chi connectivity index (χ1n) is 16.4. The molecule has 47 heavy (non-hydrogen) atoms. The monoisotopic (exact) mass is 706 g/mol. The van der Waals surface area contributed by atoms with Crippen LogP contribution in [0, 0.1) is 16.0 Å². The van der Waals surface area contributed by atoms with Crippen LogP contribution in [0.5, 0.6) is 5.75 Å². The first-order valence-corrected chi connectivity index (χ1v) is 17.2. The van der Waals surface area contributed by atoms with Gasteiger partial charge < -0.3 is 10.2 Å². The number of halogens is 1. The number of aliphatic imine (C=N–C) groups is 1. The highest BCUT2D eigenvalue weighted by molar-refractivity contribution is 9.10. The van der Waals surface area contributed by atoms with Crippen molar-refractivity contribution in [3.8, 4) is 5.75 Å². The maximum atomic E-state index is 13.6. The summed E-state index contributed by atoms with van der Waals surface area (Å²) in [5.41, 5.74) is 3.52. The molecular weight excluding hydrogens is 652 g/mol. The topological polar surface area (TPSA) is 96.0 Å². The molecule has 0 spiro atoms. The lowest BCUT2D eigenvalue weighted by Crippen LogP contribution is -2.44. The van der Waals surface area contributed by atoms with Crippen molar-refractivity contribution in [2.24, 2.45) is 10.9 Å². The van der Waals surface area contributed by atoms with Gasteiger partial charge in [0.15, 0.2) is 0 Å². The highest BCUT2D eigenvalue weighted by Gasteiger charge is 2.44. The van der Waals surface area contributed by atoms with Gasteiger partial charge in [-0.25, -0.2) is 0 Å². The summed E-state index contributed by atoms with van der Waals surface area (Å²) in [6.45, 7) is 30.2. The van der Waals surface area contributed by atoms with Gasteiger partial charge in [0.25, 0.3) is 5.69 Å². The molecule has 0 bridgehead atoms. The minimum atomic E-state index is -1.61. The Hall–Kier alpha value is -3.03. The lowest BCUT2D eigenvalue weighted by Gasteiger charge is -2.40. The minimum absolute atomic E-state index is 0.153. The third-order valence-electron chi connectivity index (χ3n) is 8.93. The fourth-order valence-electron chi connectivity index (χ4n) is 5.67. The number of nitro benzene ring substituents is 1.